The fraction of sp³-hybridized carbons (Fsp3) is 0.611. The van der Waals surface area contributed by atoms with Gasteiger partial charge in [-0.1, -0.05) is 18.2 Å². The van der Waals surface area contributed by atoms with Crippen molar-refractivity contribution >= 4 is 29.9 Å². The monoisotopic (exact) mass is 464 g/mol. The Labute approximate surface area is 169 Å². The second-order valence-corrected chi connectivity index (χ2v) is 5.46. The van der Waals surface area contributed by atoms with E-state index in [0.717, 1.165) is 50.1 Å². The quantitative estimate of drug-likeness (QED) is 0.299. The summed E-state index contributed by atoms with van der Waals surface area (Å²) in [5, 5.41) is 6.64. The molecule has 0 aliphatic carbocycles. The molecule has 0 aliphatic heterocycles. The average molecular weight is 464 g/mol. The van der Waals surface area contributed by atoms with Crippen LogP contribution in [0.15, 0.2) is 29.3 Å². The predicted molar refractivity (Wildman–Crippen MR) is 115 cm³/mol. The van der Waals surface area contributed by atoms with Crippen LogP contribution in [0, 0.1) is 0 Å². The van der Waals surface area contributed by atoms with Gasteiger partial charge in [-0.05, 0) is 27.0 Å². The number of benzene rings is 1. The van der Waals surface area contributed by atoms with E-state index in [0.29, 0.717) is 13.2 Å². The molecule has 0 fully saturated rings. The van der Waals surface area contributed by atoms with Gasteiger partial charge in [0.05, 0.1) is 19.8 Å². The molecule has 6 nitrogen and oxygen atoms in total. The van der Waals surface area contributed by atoms with Gasteiger partial charge in [-0.25, -0.2) is 4.99 Å². The molecule has 0 heterocycles. The third-order valence-electron chi connectivity index (χ3n) is 3.49. The fourth-order valence-corrected chi connectivity index (χ4v) is 2.16. The first kappa shape index (κ1) is 23.9. The Balaban J connectivity index is 0.00000576. The summed E-state index contributed by atoms with van der Waals surface area (Å²) < 4.78 is 10.7. The Bertz CT molecular complexity index is 486. The third-order valence-corrected chi connectivity index (χ3v) is 3.49. The molecule has 0 saturated carbocycles. The van der Waals surface area contributed by atoms with E-state index in [-0.39, 0.29) is 24.0 Å². The second kappa shape index (κ2) is 15.2. The lowest BCUT2D eigenvalue weighted by Crippen LogP contribution is -2.41. The highest BCUT2D eigenvalue weighted by molar-refractivity contribution is 14.0. The highest BCUT2D eigenvalue weighted by Gasteiger charge is 2.03. The summed E-state index contributed by atoms with van der Waals surface area (Å²) in [6, 6.07) is 8.03. The summed E-state index contributed by atoms with van der Waals surface area (Å²) in [6.07, 6.45) is 0. The highest BCUT2D eigenvalue weighted by Crippen LogP contribution is 2.18. The van der Waals surface area contributed by atoms with Gasteiger partial charge in [-0.15, -0.1) is 24.0 Å². The van der Waals surface area contributed by atoms with Crippen molar-refractivity contribution in [2.45, 2.75) is 20.4 Å². The van der Waals surface area contributed by atoms with E-state index in [2.05, 4.69) is 40.6 Å². The van der Waals surface area contributed by atoms with Crippen LogP contribution in [-0.2, 0) is 11.3 Å². The van der Waals surface area contributed by atoms with Crippen molar-refractivity contribution in [2.75, 3.05) is 53.6 Å². The molecule has 144 valence electrons. The Kier molecular flexibility index (Phi) is 14.6. The number of aliphatic imine (C=N–C) groups is 1. The van der Waals surface area contributed by atoms with Crippen molar-refractivity contribution < 1.29 is 9.47 Å². The Hall–Kier alpha value is -1.06. The number of likely N-dealkylation sites (N-methyl/N-ethyl adjacent to an activating group) is 1. The second-order valence-electron chi connectivity index (χ2n) is 5.46. The Morgan fingerprint density at radius 3 is 2.60 bits per heavy atom. The largest absolute Gasteiger partial charge is 0.494 e. The van der Waals surface area contributed by atoms with Crippen LogP contribution < -0.4 is 15.4 Å². The van der Waals surface area contributed by atoms with Gasteiger partial charge in [0.2, 0.25) is 0 Å². The molecule has 2 N–H and O–H groups in total. The summed E-state index contributed by atoms with van der Waals surface area (Å²) >= 11 is 0. The molecule has 0 radical (unpaired) electrons. The molecule has 0 spiro atoms. The van der Waals surface area contributed by atoms with E-state index < -0.39 is 0 Å². The minimum atomic E-state index is 0. The molecule has 0 unspecified atom stereocenters. The summed E-state index contributed by atoms with van der Waals surface area (Å²) in [5.74, 6) is 1.72. The van der Waals surface area contributed by atoms with E-state index in [1.807, 2.05) is 25.1 Å². The molecule has 1 aromatic rings. The molecule has 0 bridgehead atoms. The number of para-hydroxylation sites is 1. The van der Waals surface area contributed by atoms with Crippen LogP contribution in [0.5, 0.6) is 5.75 Å². The Morgan fingerprint density at radius 1 is 1.16 bits per heavy atom. The van der Waals surface area contributed by atoms with Gasteiger partial charge in [0.25, 0.3) is 0 Å². The van der Waals surface area contributed by atoms with Crippen LogP contribution in [0.3, 0.4) is 0 Å². The lowest BCUT2D eigenvalue weighted by molar-refractivity contribution is 0.162. The van der Waals surface area contributed by atoms with Crippen molar-refractivity contribution in [3.05, 3.63) is 29.8 Å². The van der Waals surface area contributed by atoms with Crippen LogP contribution in [0.1, 0.15) is 19.4 Å². The first-order valence-electron chi connectivity index (χ1n) is 8.61. The number of guanidine groups is 1. The summed E-state index contributed by atoms with van der Waals surface area (Å²) in [7, 11) is 3.81. The first-order chi connectivity index (χ1) is 11.7. The van der Waals surface area contributed by atoms with Crippen LogP contribution >= 0.6 is 24.0 Å². The molecule has 25 heavy (non-hydrogen) atoms. The molecule has 0 atom stereocenters. The highest BCUT2D eigenvalue weighted by atomic mass is 127. The van der Waals surface area contributed by atoms with Gasteiger partial charge in [0, 0.05) is 38.9 Å². The van der Waals surface area contributed by atoms with Crippen LogP contribution in [0.4, 0.5) is 0 Å². The van der Waals surface area contributed by atoms with E-state index >= 15 is 0 Å². The van der Waals surface area contributed by atoms with Crippen LogP contribution in [0.2, 0.25) is 0 Å². The van der Waals surface area contributed by atoms with Crippen molar-refractivity contribution in [3.8, 4) is 5.75 Å². The predicted octanol–water partition coefficient (Wildman–Crippen LogP) is 2.34. The minimum absolute atomic E-state index is 0. The van der Waals surface area contributed by atoms with Gasteiger partial charge in [-0.3, -0.25) is 0 Å². The number of rotatable bonds is 11. The number of nitrogens with zero attached hydrogens (tertiary/aromatic N) is 2. The Morgan fingerprint density at radius 2 is 1.92 bits per heavy atom. The third kappa shape index (κ3) is 10.5. The summed E-state index contributed by atoms with van der Waals surface area (Å²) in [6.45, 7) is 9.58. The van der Waals surface area contributed by atoms with E-state index in [9.17, 15) is 0 Å². The zero-order valence-electron chi connectivity index (χ0n) is 15.9. The molecular formula is C18H33IN4O2. The van der Waals surface area contributed by atoms with E-state index in [1.54, 1.807) is 7.11 Å². The van der Waals surface area contributed by atoms with Crippen molar-refractivity contribution in [1.29, 1.82) is 0 Å². The fourth-order valence-electron chi connectivity index (χ4n) is 2.16. The van der Waals surface area contributed by atoms with Gasteiger partial charge < -0.3 is 25.0 Å². The van der Waals surface area contributed by atoms with E-state index in [4.69, 9.17) is 9.47 Å². The summed E-state index contributed by atoms with van der Waals surface area (Å²) in [4.78, 5) is 6.88. The molecular weight excluding hydrogens is 431 g/mol. The number of ether oxygens (including phenoxy) is 2. The number of hydrogen-bond acceptors (Lipinski definition) is 4. The maximum Gasteiger partial charge on any atom is 0.191 e. The zero-order valence-corrected chi connectivity index (χ0v) is 18.2. The molecule has 0 saturated heterocycles. The zero-order chi connectivity index (χ0) is 17.6. The molecule has 0 amide bonds. The van der Waals surface area contributed by atoms with Gasteiger partial charge >= 0.3 is 0 Å². The van der Waals surface area contributed by atoms with Gasteiger partial charge in [0.15, 0.2) is 5.96 Å². The van der Waals surface area contributed by atoms with Crippen LogP contribution in [-0.4, -0.2) is 64.4 Å². The lowest BCUT2D eigenvalue weighted by Gasteiger charge is -2.18. The SMILES string of the molecule is CCNC(=NCc1ccccc1OCC)NCCN(C)CCOC.I. The lowest BCUT2D eigenvalue weighted by atomic mass is 10.2. The first-order valence-corrected chi connectivity index (χ1v) is 8.61. The average Bonchev–Trinajstić information content (AvgIpc) is 2.59. The molecule has 0 aliphatic rings. The van der Waals surface area contributed by atoms with Gasteiger partial charge in [0.1, 0.15) is 5.75 Å². The number of nitrogens with one attached hydrogen (secondary N) is 2. The maximum atomic E-state index is 5.65. The maximum absolute atomic E-state index is 5.65. The molecule has 1 aromatic carbocycles. The molecule has 0 aromatic heterocycles. The smallest absolute Gasteiger partial charge is 0.191 e. The molecule has 1 rings (SSSR count). The topological polar surface area (TPSA) is 58.1 Å². The van der Waals surface area contributed by atoms with Crippen molar-refractivity contribution in [1.82, 2.24) is 15.5 Å². The van der Waals surface area contributed by atoms with Gasteiger partial charge in [-0.2, -0.15) is 0 Å². The normalized spacial score (nSPS) is 11.2. The van der Waals surface area contributed by atoms with Crippen molar-refractivity contribution in [2.24, 2.45) is 4.99 Å². The van der Waals surface area contributed by atoms with E-state index in [1.165, 1.54) is 0 Å². The minimum Gasteiger partial charge on any atom is -0.494 e. The molecule has 7 heteroatoms. The number of methoxy groups -OCH3 is 1. The standard InChI is InChI=1S/C18H32N4O2.HI/c1-5-19-18(20-11-12-22(3)13-14-23-4)21-15-16-9-7-8-10-17(16)24-6-2;/h7-10H,5-6,11-15H2,1-4H3,(H2,19,20,21);1H. The number of halogens is 1. The number of hydrogen-bond donors (Lipinski definition) is 2. The van der Waals surface area contributed by atoms with Crippen molar-refractivity contribution in [3.63, 3.8) is 0 Å². The van der Waals surface area contributed by atoms with Crippen LogP contribution in [0.25, 0.3) is 0 Å². The summed E-state index contributed by atoms with van der Waals surface area (Å²) in [5.41, 5.74) is 1.09.